The van der Waals surface area contributed by atoms with E-state index in [1.165, 1.54) is 0 Å². The SMILES string of the molecule is CCOc1c(I)cc(/C=C(\C#N)C(=O)Nc2cccc3ccccc23)cc1OC. The summed E-state index contributed by atoms with van der Waals surface area (Å²) in [5.74, 6) is 0.731. The summed E-state index contributed by atoms with van der Waals surface area (Å²) in [6.07, 6.45) is 1.54. The van der Waals surface area contributed by atoms with Gasteiger partial charge in [0.1, 0.15) is 11.6 Å². The van der Waals surface area contributed by atoms with Gasteiger partial charge in [0.2, 0.25) is 0 Å². The zero-order valence-electron chi connectivity index (χ0n) is 16.0. The van der Waals surface area contributed by atoms with E-state index in [0.29, 0.717) is 29.4 Å². The average Bonchev–Trinajstić information content (AvgIpc) is 2.73. The van der Waals surface area contributed by atoms with E-state index in [1.54, 1.807) is 19.3 Å². The molecule has 3 aromatic carbocycles. The van der Waals surface area contributed by atoms with Crippen LogP contribution in [-0.4, -0.2) is 19.6 Å². The number of rotatable bonds is 6. The van der Waals surface area contributed by atoms with Gasteiger partial charge in [-0.15, -0.1) is 0 Å². The van der Waals surface area contributed by atoms with Gasteiger partial charge < -0.3 is 14.8 Å². The van der Waals surface area contributed by atoms with Crippen LogP contribution in [0, 0.1) is 14.9 Å². The molecule has 0 fully saturated rings. The molecule has 0 bridgehead atoms. The third-order valence-corrected chi connectivity index (χ3v) is 5.06. The molecule has 0 aliphatic carbocycles. The van der Waals surface area contributed by atoms with Crippen molar-refractivity contribution in [2.75, 3.05) is 19.0 Å². The summed E-state index contributed by atoms with van der Waals surface area (Å²) >= 11 is 2.14. The highest BCUT2D eigenvalue weighted by atomic mass is 127. The monoisotopic (exact) mass is 498 g/mol. The molecule has 0 unspecified atom stereocenters. The van der Waals surface area contributed by atoms with Crippen LogP contribution in [0.5, 0.6) is 11.5 Å². The van der Waals surface area contributed by atoms with E-state index < -0.39 is 5.91 Å². The first kappa shape index (κ1) is 20.7. The summed E-state index contributed by atoms with van der Waals surface area (Å²) in [7, 11) is 1.56. The number of ether oxygens (including phenoxy) is 2. The molecule has 5 nitrogen and oxygen atoms in total. The van der Waals surface area contributed by atoms with Crippen LogP contribution in [0.25, 0.3) is 16.8 Å². The lowest BCUT2D eigenvalue weighted by molar-refractivity contribution is -0.112. The van der Waals surface area contributed by atoms with Gasteiger partial charge in [0.15, 0.2) is 11.5 Å². The molecule has 0 aromatic heterocycles. The summed E-state index contributed by atoms with van der Waals surface area (Å²) in [5.41, 5.74) is 1.34. The zero-order chi connectivity index (χ0) is 20.8. The molecule has 1 N–H and O–H groups in total. The fourth-order valence-corrected chi connectivity index (χ4v) is 3.73. The first-order chi connectivity index (χ1) is 14.1. The molecule has 0 saturated heterocycles. The lowest BCUT2D eigenvalue weighted by Crippen LogP contribution is -2.13. The quantitative estimate of drug-likeness (QED) is 0.281. The van der Waals surface area contributed by atoms with E-state index in [-0.39, 0.29) is 5.57 Å². The van der Waals surface area contributed by atoms with Crippen LogP contribution in [0.1, 0.15) is 12.5 Å². The molecule has 0 aliphatic heterocycles. The van der Waals surface area contributed by atoms with Crippen LogP contribution in [0.2, 0.25) is 0 Å². The second-order valence-corrected chi connectivity index (χ2v) is 7.28. The first-order valence-corrected chi connectivity index (χ1v) is 10.1. The molecule has 0 spiro atoms. The number of halogens is 1. The third kappa shape index (κ3) is 4.69. The summed E-state index contributed by atoms with van der Waals surface area (Å²) in [4.78, 5) is 12.7. The molecular weight excluding hydrogens is 479 g/mol. The van der Waals surface area contributed by atoms with E-state index in [2.05, 4.69) is 27.9 Å². The number of nitriles is 1. The molecule has 0 radical (unpaired) electrons. The van der Waals surface area contributed by atoms with Crippen molar-refractivity contribution in [2.24, 2.45) is 0 Å². The van der Waals surface area contributed by atoms with Crippen LogP contribution in [0.3, 0.4) is 0 Å². The molecule has 146 valence electrons. The smallest absolute Gasteiger partial charge is 0.266 e. The Bertz CT molecular complexity index is 1130. The van der Waals surface area contributed by atoms with Gasteiger partial charge in [-0.2, -0.15) is 5.26 Å². The molecule has 0 atom stereocenters. The topological polar surface area (TPSA) is 71.3 Å². The van der Waals surface area contributed by atoms with Crippen molar-refractivity contribution in [3.8, 4) is 17.6 Å². The summed E-state index contributed by atoms with van der Waals surface area (Å²) in [6.45, 7) is 2.41. The Morgan fingerprint density at radius 1 is 1.21 bits per heavy atom. The van der Waals surface area contributed by atoms with Crippen LogP contribution in [0.15, 0.2) is 60.2 Å². The van der Waals surface area contributed by atoms with Gasteiger partial charge in [0.25, 0.3) is 5.91 Å². The van der Waals surface area contributed by atoms with Crippen molar-refractivity contribution < 1.29 is 14.3 Å². The molecule has 3 rings (SSSR count). The number of benzene rings is 3. The fourth-order valence-electron chi connectivity index (χ4n) is 2.95. The Balaban J connectivity index is 1.93. The number of methoxy groups -OCH3 is 1. The Morgan fingerprint density at radius 3 is 2.69 bits per heavy atom. The summed E-state index contributed by atoms with van der Waals surface area (Å²) < 4.78 is 11.8. The average molecular weight is 498 g/mol. The molecule has 6 heteroatoms. The maximum atomic E-state index is 12.7. The number of carbonyl (C=O) groups excluding carboxylic acids is 1. The van der Waals surface area contributed by atoms with Crippen LogP contribution in [-0.2, 0) is 4.79 Å². The zero-order valence-corrected chi connectivity index (χ0v) is 18.2. The number of amides is 1. The number of hydrogen-bond donors (Lipinski definition) is 1. The molecule has 0 saturated carbocycles. The Morgan fingerprint density at radius 2 is 1.97 bits per heavy atom. The highest BCUT2D eigenvalue weighted by Gasteiger charge is 2.14. The van der Waals surface area contributed by atoms with Gasteiger partial charge in [-0.25, -0.2) is 0 Å². The Kier molecular flexibility index (Phi) is 6.73. The molecular formula is C23H19IN2O3. The first-order valence-electron chi connectivity index (χ1n) is 8.98. The number of carbonyl (C=O) groups is 1. The lowest BCUT2D eigenvalue weighted by atomic mass is 10.1. The fraction of sp³-hybridized carbons (Fsp3) is 0.130. The number of nitrogens with zero attached hydrogens (tertiary/aromatic N) is 1. The maximum Gasteiger partial charge on any atom is 0.266 e. The van der Waals surface area contributed by atoms with E-state index in [4.69, 9.17) is 9.47 Å². The number of anilines is 1. The number of hydrogen-bond acceptors (Lipinski definition) is 4. The van der Waals surface area contributed by atoms with E-state index in [9.17, 15) is 10.1 Å². The molecule has 29 heavy (non-hydrogen) atoms. The minimum Gasteiger partial charge on any atom is -0.493 e. The normalized spacial score (nSPS) is 11.0. The van der Waals surface area contributed by atoms with Gasteiger partial charge in [0.05, 0.1) is 17.3 Å². The van der Waals surface area contributed by atoms with Crippen LogP contribution < -0.4 is 14.8 Å². The maximum absolute atomic E-state index is 12.7. The second-order valence-electron chi connectivity index (χ2n) is 6.12. The standard InChI is InChI=1S/C23H19IN2O3/c1-3-29-22-19(24)12-15(13-21(22)28-2)11-17(14-25)23(27)26-20-10-6-8-16-7-4-5-9-18(16)20/h4-13H,3H2,1-2H3,(H,26,27)/b17-11+. The van der Waals surface area contributed by atoms with E-state index in [0.717, 1.165) is 14.3 Å². The van der Waals surface area contributed by atoms with Crippen molar-refractivity contribution in [1.29, 1.82) is 5.26 Å². The van der Waals surface area contributed by atoms with E-state index in [1.807, 2.05) is 61.5 Å². The van der Waals surface area contributed by atoms with Crippen molar-refractivity contribution in [3.05, 3.63) is 69.3 Å². The predicted molar refractivity (Wildman–Crippen MR) is 123 cm³/mol. The van der Waals surface area contributed by atoms with Crippen molar-refractivity contribution in [1.82, 2.24) is 0 Å². The van der Waals surface area contributed by atoms with Crippen LogP contribution in [0.4, 0.5) is 5.69 Å². The highest BCUT2D eigenvalue weighted by molar-refractivity contribution is 14.1. The van der Waals surface area contributed by atoms with Gasteiger partial charge >= 0.3 is 0 Å². The van der Waals surface area contributed by atoms with Crippen molar-refractivity contribution in [2.45, 2.75) is 6.92 Å². The van der Waals surface area contributed by atoms with Gasteiger partial charge in [-0.3, -0.25) is 4.79 Å². The second kappa shape index (κ2) is 9.43. The van der Waals surface area contributed by atoms with Crippen molar-refractivity contribution in [3.63, 3.8) is 0 Å². The predicted octanol–water partition coefficient (Wildman–Crippen LogP) is 5.40. The molecule has 3 aromatic rings. The van der Waals surface area contributed by atoms with Crippen molar-refractivity contribution >= 4 is 51.0 Å². The largest absolute Gasteiger partial charge is 0.493 e. The molecule has 1 amide bonds. The highest BCUT2D eigenvalue weighted by Crippen LogP contribution is 2.34. The van der Waals surface area contributed by atoms with Gasteiger partial charge in [-0.1, -0.05) is 36.4 Å². The Labute approximate surface area is 183 Å². The summed E-state index contributed by atoms with van der Waals surface area (Å²) in [5, 5.41) is 14.3. The molecule has 0 aliphatic rings. The number of nitrogens with one attached hydrogen (secondary N) is 1. The Hall–Kier alpha value is -3.05. The van der Waals surface area contributed by atoms with Gasteiger partial charge in [-0.05, 0) is 64.7 Å². The van der Waals surface area contributed by atoms with Crippen LogP contribution >= 0.6 is 22.6 Å². The molecule has 0 heterocycles. The summed E-state index contributed by atoms with van der Waals surface area (Å²) in [6, 6.07) is 19.0. The third-order valence-electron chi connectivity index (χ3n) is 4.25. The van der Waals surface area contributed by atoms with E-state index >= 15 is 0 Å². The van der Waals surface area contributed by atoms with Gasteiger partial charge in [0, 0.05) is 11.1 Å². The minimum atomic E-state index is -0.466. The number of fused-ring (bicyclic) bond motifs is 1. The minimum absolute atomic E-state index is 0.0000489. The lowest BCUT2D eigenvalue weighted by Gasteiger charge is -2.12.